The molecule has 0 radical (unpaired) electrons. The number of piperidine rings is 1. The van der Waals surface area contributed by atoms with Gasteiger partial charge in [-0.2, -0.15) is 0 Å². The van der Waals surface area contributed by atoms with Crippen LogP contribution >= 0.6 is 0 Å². The molecule has 0 unspecified atom stereocenters. The molecule has 1 fully saturated rings. The van der Waals surface area contributed by atoms with E-state index in [2.05, 4.69) is 4.90 Å². The number of halogens is 2. The summed E-state index contributed by atoms with van der Waals surface area (Å²) >= 11 is 0. The Bertz CT molecular complexity index is 805. The van der Waals surface area contributed by atoms with E-state index in [4.69, 9.17) is 4.74 Å². The molecule has 2 aromatic carbocycles. The van der Waals surface area contributed by atoms with Crippen LogP contribution in [0, 0.1) is 17.6 Å². The van der Waals surface area contributed by atoms with Crippen molar-refractivity contribution < 1.29 is 18.3 Å². The summed E-state index contributed by atoms with van der Waals surface area (Å²) < 4.78 is 32.2. The Morgan fingerprint density at radius 1 is 1.10 bits per heavy atom. The third kappa shape index (κ3) is 6.61. The van der Waals surface area contributed by atoms with Crippen molar-refractivity contribution in [3.63, 3.8) is 0 Å². The van der Waals surface area contributed by atoms with Gasteiger partial charge in [-0.3, -0.25) is 9.69 Å². The van der Waals surface area contributed by atoms with E-state index in [-0.39, 0.29) is 24.0 Å². The fourth-order valence-corrected chi connectivity index (χ4v) is 3.91. The first kappa shape index (κ1) is 22.4. The third-order valence-electron chi connectivity index (χ3n) is 5.72. The van der Waals surface area contributed by atoms with E-state index in [1.807, 2.05) is 17.0 Å². The second-order valence-corrected chi connectivity index (χ2v) is 7.95. The number of hydrogen-bond acceptors (Lipinski definition) is 3. The van der Waals surface area contributed by atoms with E-state index in [0.717, 1.165) is 37.1 Å². The zero-order chi connectivity index (χ0) is 21.3. The summed E-state index contributed by atoms with van der Waals surface area (Å²) in [4.78, 5) is 17.0. The maximum absolute atomic E-state index is 13.9. The Balaban J connectivity index is 1.52. The van der Waals surface area contributed by atoms with Crippen molar-refractivity contribution in [2.45, 2.75) is 25.8 Å². The van der Waals surface area contributed by atoms with E-state index in [1.54, 1.807) is 25.3 Å². The fourth-order valence-electron chi connectivity index (χ4n) is 3.91. The first-order valence-corrected chi connectivity index (χ1v) is 10.5. The van der Waals surface area contributed by atoms with Crippen LogP contribution in [0.25, 0.3) is 0 Å². The molecule has 1 saturated heterocycles. The molecule has 0 bridgehead atoms. The minimum atomic E-state index is -0.301. The van der Waals surface area contributed by atoms with Gasteiger partial charge < -0.3 is 9.64 Å². The number of carbonyl (C=O) groups is 1. The molecule has 30 heavy (non-hydrogen) atoms. The highest BCUT2D eigenvalue weighted by Gasteiger charge is 2.24. The Morgan fingerprint density at radius 3 is 2.47 bits per heavy atom. The summed E-state index contributed by atoms with van der Waals surface area (Å²) in [7, 11) is 1.63. The quantitative estimate of drug-likeness (QED) is 0.622. The Labute approximate surface area is 177 Å². The van der Waals surface area contributed by atoms with E-state index in [0.29, 0.717) is 32.2 Å². The second-order valence-electron chi connectivity index (χ2n) is 7.95. The molecule has 0 N–H and O–H groups in total. The van der Waals surface area contributed by atoms with Gasteiger partial charge in [0.05, 0.1) is 13.0 Å². The van der Waals surface area contributed by atoms with Gasteiger partial charge in [0, 0.05) is 32.3 Å². The van der Waals surface area contributed by atoms with Gasteiger partial charge in [0.1, 0.15) is 11.6 Å². The van der Waals surface area contributed by atoms with E-state index in [1.165, 1.54) is 18.2 Å². The molecule has 0 aromatic heterocycles. The Hall–Kier alpha value is -2.31. The SMILES string of the molecule is COCCN(CC1CCN(Cc2ccccc2F)CC1)C(=O)Cc1ccc(F)cc1. The van der Waals surface area contributed by atoms with Gasteiger partial charge in [0.25, 0.3) is 0 Å². The molecule has 3 rings (SSSR count). The summed E-state index contributed by atoms with van der Waals surface area (Å²) in [6.07, 6.45) is 2.21. The minimum Gasteiger partial charge on any atom is -0.383 e. The highest BCUT2D eigenvalue weighted by molar-refractivity contribution is 5.78. The maximum Gasteiger partial charge on any atom is 0.227 e. The lowest BCUT2D eigenvalue weighted by Crippen LogP contribution is -2.42. The molecule has 1 heterocycles. The molecule has 0 atom stereocenters. The third-order valence-corrected chi connectivity index (χ3v) is 5.72. The lowest BCUT2D eigenvalue weighted by molar-refractivity contribution is -0.132. The van der Waals surface area contributed by atoms with Gasteiger partial charge in [0.15, 0.2) is 0 Å². The predicted octanol–water partition coefficient (Wildman–Crippen LogP) is 3.89. The van der Waals surface area contributed by atoms with Crippen LogP contribution in [0.15, 0.2) is 48.5 Å². The molecule has 162 valence electrons. The van der Waals surface area contributed by atoms with Gasteiger partial charge >= 0.3 is 0 Å². The molecule has 0 spiro atoms. The average molecular weight is 417 g/mol. The number of likely N-dealkylation sites (tertiary alicyclic amines) is 1. The van der Waals surface area contributed by atoms with Crippen molar-refractivity contribution in [1.82, 2.24) is 9.80 Å². The molecule has 0 saturated carbocycles. The highest BCUT2D eigenvalue weighted by Crippen LogP contribution is 2.21. The van der Waals surface area contributed by atoms with Crippen LogP contribution < -0.4 is 0 Å². The van der Waals surface area contributed by atoms with Crippen LogP contribution in [-0.4, -0.2) is 55.6 Å². The van der Waals surface area contributed by atoms with Crippen molar-refractivity contribution in [2.75, 3.05) is 39.9 Å². The summed E-state index contributed by atoms with van der Waals surface area (Å²) in [6, 6.07) is 13.0. The molecule has 0 aliphatic carbocycles. The smallest absolute Gasteiger partial charge is 0.227 e. The van der Waals surface area contributed by atoms with E-state index < -0.39 is 0 Å². The first-order valence-electron chi connectivity index (χ1n) is 10.5. The topological polar surface area (TPSA) is 32.8 Å². The molecule has 1 aliphatic rings. The average Bonchev–Trinajstić information content (AvgIpc) is 2.75. The summed E-state index contributed by atoms with van der Waals surface area (Å²) in [5.74, 6) is -0.00956. The number of carbonyl (C=O) groups excluding carboxylic acids is 1. The number of benzene rings is 2. The fraction of sp³-hybridized carbons (Fsp3) is 0.458. The van der Waals surface area contributed by atoms with Gasteiger partial charge in [-0.25, -0.2) is 8.78 Å². The van der Waals surface area contributed by atoms with Crippen LogP contribution in [0.2, 0.25) is 0 Å². The number of nitrogens with zero attached hydrogens (tertiary/aromatic N) is 2. The van der Waals surface area contributed by atoms with Crippen LogP contribution in [0.3, 0.4) is 0 Å². The zero-order valence-electron chi connectivity index (χ0n) is 17.5. The van der Waals surface area contributed by atoms with Gasteiger partial charge in [-0.15, -0.1) is 0 Å². The van der Waals surface area contributed by atoms with Crippen molar-refractivity contribution in [3.05, 3.63) is 71.3 Å². The van der Waals surface area contributed by atoms with Gasteiger partial charge in [-0.05, 0) is 55.6 Å². The van der Waals surface area contributed by atoms with Crippen LogP contribution in [-0.2, 0) is 22.5 Å². The van der Waals surface area contributed by atoms with Crippen LogP contribution in [0.4, 0.5) is 8.78 Å². The number of amides is 1. The second kappa shape index (κ2) is 11.2. The summed E-state index contributed by atoms with van der Waals surface area (Å²) in [6.45, 7) is 4.13. The van der Waals surface area contributed by atoms with Crippen molar-refractivity contribution in [3.8, 4) is 0 Å². The number of rotatable bonds is 9. The number of methoxy groups -OCH3 is 1. The molecule has 1 amide bonds. The highest BCUT2D eigenvalue weighted by atomic mass is 19.1. The molecule has 2 aromatic rings. The molecule has 6 heteroatoms. The lowest BCUT2D eigenvalue weighted by atomic mass is 9.95. The normalized spacial score (nSPS) is 15.3. The summed E-state index contributed by atoms with van der Waals surface area (Å²) in [5, 5.41) is 0. The predicted molar refractivity (Wildman–Crippen MR) is 113 cm³/mol. The minimum absolute atomic E-state index is 0.0347. The molecular weight excluding hydrogens is 386 g/mol. The first-order chi connectivity index (χ1) is 14.5. The van der Waals surface area contributed by atoms with Crippen molar-refractivity contribution in [2.24, 2.45) is 5.92 Å². The monoisotopic (exact) mass is 416 g/mol. The van der Waals surface area contributed by atoms with Gasteiger partial charge in [-0.1, -0.05) is 30.3 Å². The lowest BCUT2D eigenvalue weighted by Gasteiger charge is -2.35. The molecule has 1 aliphatic heterocycles. The largest absolute Gasteiger partial charge is 0.383 e. The van der Waals surface area contributed by atoms with Crippen molar-refractivity contribution >= 4 is 5.91 Å². The summed E-state index contributed by atoms with van der Waals surface area (Å²) in [5.41, 5.74) is 1.54. The zero-order valence-corrected chi connectivity index (χ0v) is 17.5. The van der Waals surface area contributed by atoms with Crippen molar-refractivity contribution in [1.29, 1.82) is 0 Å². The standard InChI is InChI=1S/C24H30F2N2O2/c1-30-15-14-28(24(29)16-19-6-8-22(25)9-7-19)17-20-10-12-27(13-11-20)18-21-4-2-3-5-23(21)26/h2-9,20H,10-18H2,1H3. The number of ether oxygens (including phenoxy) is 1. The van der Waals surface area contributed by atoms with E-state index in [9.17, 15) is 13.6 Å². The molecule has 4 nitrogen and oxygen atoms in total. The maximum atomic E-state index is 13.9. The van der Waals surface area contributed by atoms with Crippen LogP contribution in [0.1, 0.15) is 24.0 Å². The van der Waals surface area contributed by atoms with E-state index >= 15 is 0 Å². The molecular formula is C24H30F2N2O2. The Kier molecular flexibility index (Phi) is 8.34. The van der Waals surface area contributed by atoms with Crippen LogP contribution in [0.5, 0.6) is 0 Å². The Morgan fingerprint density at radius 2 is 1.80 bits per heavy atom. The number of hydrogen-bond donors (Lipinski definition) is 0. The van der Waals surface area contributed by atoms with Gasteiger partial charge in [0.2, 0.25) is 5.91 Å².